The highest BCUT2D eigenvalue weighted by atomic mass is 14.6. The minimum atomic E-state index is 1.04. The molecule has 0 radical (unpaired) electrons. The summed E-state index contributed by atoms with van der Waals surface area (Å²) in [7, 11) is 0. The van der Waals surface area contributed by atoms with Gasteiger partial charge in [0.05, 0.1) is 0 Å². The summed E-state index contributed by atoms with van der Waals surface area (Å²) in [5, 5.41) is 0. The average Bonchev–Trinajstić information content (AvgIpc) is 2.68. The molecule has 0 bridgehead atoms. The maximum Gasteiger partial charge on any atom is -0.0138 e. The predicted octanol–water partition coefficient (Wildman–Crippen LogP) is 7.54. The molecule has 0 aromatic carbocycles. The van der Waals surface area contributed by atoms with E-state index in [0.29, 0.717) is 0 Å². The van der Waals surface area contributed by atoms with E-state index in [2.05, 4.69) is 12.5 Å². The lowest BCUT2D eigenvalue weighted by Crippen LogP contribution is -2.46. The van der Waals surface area contributed by atoms with Gasteiger partial charge in [0.2, 0.25) is 0 Å². The number of hydrogen-bond acceptors (Lipinski definition) is 0. The van der Waals surface area contributed by atoms with Crippen LogP contribution in [0.15, 0.2) is 11.1 Å². The van der Waals surface area contributed by atoms with Gasteiger partial charge >= 0.3 is 0 Å². The molecule has 0 spiro atoms. The van der Waals surface area contributed by atoms with Gasteiger partial charge in [0.15, 0.2) is 0 Å². The number of allylic oxidation sites excluding steroid dienone is 2. The van der Waals surface area contributed by atoms with Crippen LogP contribution in [0.2, 0.25) is 0 Å². The minimum Gasteiger partial charge on any atom is -0.0704 e. The van der Waals surface area contributed by atoms with Crippen LogP contribution in [0.25, 0.3) is 0 Å². The van der Waals surface area contributed by atoms with Crippen LogP contribution in [0.4, 0.5) is 0 Å². The van der Waals surface area contributed by atoms with Gasteiger partial charge < -0.3 is 0 Å². The zero-order valence-electron chi connectivity index (χ0n) is 16.6. The van der Waals surface area contributed by atoms with Crippen molar-refractivity contribution in [3.05, 3.63) is 11.1 Å². The van der Waals surface area contributed by atoms with Crippen LogP contribution >= 0.6 is 0 Å². The standard InChI is InChI=1S/C25H40/c1-2-6-17-9-10-19-13-16-23-21(18-7-4-3-5-8-18)14-11-20-12-15-22(17)24(19)25(20)23/h17-19,21-24H,2-16H2,1H3/t17?,19-,21+,22-,23?,24?/m0/s1. The first-order valence-corrected chi connectivity index (χ1v) is 12.1. The molecule has 0 saturated heterocycles. The Balaban J connectivity index is 1.44. The largest absolute Gasteiger partial charge is 0.0704 e. The molecule has 0 aliphatic heterocycles. The molecule has 6 atom stereocenters. The van der Waals surface area contributed by atoms with Crippen LogP contribution in [0.5, 0.6) is 0 Å². The van der Waals surface area contributed by atoms with Crippen molar-refractivity contribution < 1.29 is 0 Å². The molecule has 3 saturated carbocycles. The van der Waals surface area contributed by atoms with E-state index in [1.165, 1.54) is 44.9 Å². The molecule has 3 fully saturated rings. The SMILES string of the molecule is CCCC1CC[C@H]2CCC3C4=C(CC[C@@H]3C3CCCCC3)CC[C@@H]1C42. The third-order valence-corrected chi connectivity index (χ3v) is 9.49. The van der Waals surface area contributed by atoms with Gasteiger partial charge in [0, 0.05) is 0 Å². The molecule has 140 valence electrons. The van der Waals surface area contributed by atoms with Crippen molar-refractivity contribution in [3.63, 3.8) is 0 Å². The summed E-state index contributed by atoms with van der Waals surface area (Å²) in [5.74, 6) is 7.53. The summed E-state index contributed by atoms with van der Waals surface area (Å²) in [6.07, 6.45) is 23.1. The van der Waals surface area contributed by atoms with Crippen LogP contribution in [0, 0.1) is 41.4 Å². The van der Waals surface area contributed by atoms with Crippen molar-refractivity contribution in [3.8, 4) is 0 Å². The van der Waals surface area contributed by atoms with Crippen LogP contribution in [-0.2, 0) is 0 Å². The summed E-state index contributed by atoms with van der Waals surface area (Å²) < 4.78 is 0. The van der Waals surface area contributed by atoms with Crippen LogP contribution in [-0.4, -0.2) is 0 Å². The first-order chi connectivity index (χ1) is 12.4. The average molecular weight is 341 g/mol. The van der Waals surface area contributed by atoms with Gasteiger partial charge in [-0.15, -0.1) is 0 Å². The van der Waals surface area contributed by atoms with E-state index in [1.807, 2.05) is 5.57 Å². The maximum atomic E-state index is 2.42. The van der Waals surface area contributed by atoms with Crippen molar-refractivity contribution in [2.75, 3.05) is 0 Å². The maximum absolute atomic E-state index is 2.42. The van der Waals surface area contributed by atoms with Gasteiger partial charge in [-0.2, -0.15) is 0 Å². The lowest BCUT2D eigenvalue weighted by molar-refractivity contribution is 0.0273. The van der Waals surface area contributed by atoms with Crippen molar-refractivity contribution in [1.82, 2.24) is 0 Å². The van der Waals surface area contributed by atoms with Crippen LogP contribution < -0.4 is 0 Å². The Labute approximate surface area is 156 Å². The number of rotatable bonds is 3. The summed E-state index contributed by atoms with van der Waals surface area (Å²) in [6.45, 7) is 2.42. The second-order valence-electron chi connectivity index (χ2n) is 10.5. The third-order valence-electron chi connectivity index (χ3n) is 9.49. The highest BCUT2D eigenvalue weighted by Gasteiger charge is 2.50. The molecule has 0 aromatic rings. The van der Waals surface area contributed by atoms with E-state index in [9.17, 15) is 0 Å². The highest BCUT2D eigenvalue weighted by Crippen LogP contribution is 2.61. The summed E-state index contributed by atoms with van der Waals surface area (Å²) >= 11 is 0. The first kappa shape index (κ1) is 16.9. The van der Waals surface area contributed by atoms with Crippen molar-refractivity contribution in [1.29, 1.82) is 0 Å². The Morgan fingerprint density at radius 3 is 2.28 bits per heavy atom. The second kappa shape index (κ2) is 7.05. The molecule has 0 N–H and O–H groups in total. The topological polar surface area (TPSA) is 0 Å². The fourth-order valence-electron chi connectivity index (χ4n) is 8.58. The van der Waals surface area contributed by atoms with E-state index < -0.39 is 0 Å². The fraction of sp³-hybridized carbons (Fsp3) is 0.920. The van der Waals surface area contributed by atoms with Crippen molar-refractivity contribution in [2.45, 2.75) is 103 Å². The molecule has 0 heteroatoms. The third kappa shape index (κ3) is 2.85. The fourth-order valence-corrected chi connectivity index (χ4v) is 8.58. The van der Waals surface area contributed by atoms with Crippen molar-refractivity contribution >= 4 is 0 Å². The van der Waals surface area contributed by atoms with Gasteiger partial charge in [-0.1, -0.05) is 63.0 Å². The zero-order chi connectivity index (χ0) is 16.8. The van der Waals surface area contributed by atoms with Gasteiger partial charge in [-0.05, 0) is 92.8 Å². The monoisotopic (exact) mass is 340 g/mol. The van der Waals surface area contributed by atoms with Gasteiger partial charge in [-0.3, -0.25) is 0 Å². The quantitative estimate of drug-likeness (QED) is 0.466. The lowest BCUT2D eigenvalue weighted by Gasteiger charge is -2.56. The predicted molar refractivity (Wildman–Crippen MR) is 106 cm³/mol. The molecule has 3 unspecified atom stereocenters. The number of hydrogen-bond donors (Lipinski definition) is 0. The van der Waals surface area contributed by atoms with Gasteiger partial charge in [0.25, 0.3) is 0 Å². The molecule has 0 nitrogen and oxygen atoms in total. The minimum absolute atomic E-state index is 1.04. The van der Waals surface area contributed by atoms with Gasteiger partial charge in [-0.25, -0.2) is 0 Å². The Morgan fingerprint density at radius 2 is 1.48 bits per heavy atom. The Kier molecular flexibility index (Phi) is 4.76. The van der Waals surface area contributed by atoms with Gasteiger partial charge in [0.1, 0.15) is 0 Å². The molecule has 5 rings (SSSR count). The Hall–Kier alpha value is -0.260. The van der Waals surface area contributed by atoms with E-state index in [1.54, 1.807) is 51.4 Å². The summed E-state index contributed by atoms with van der Waals surface area (Å²) in [4.78, 5) is 0. The van der Waals surface area contributed by atoms with Crippen LogP contribution in [0.3, 0.4) is 0 Å². The van der Waals surface area contributed by atoms with E-state index in [4.69, 9.17) is 0 Å². The molecular weight excluding hydrogens is 300 g/mol. The normalized spacial score (nSPS) is 44.5. The summed E-state index contributed by atoms with van der Waals surface area (Å²) in [6, 6.07) is 0. The Morgan fingerprint density at radius 1 is 0.720 bits per heavy atom. The summed E-state index contributed by atoms with van der Waals surface area (Å²) in [5.41, 5.74) is 4.12. The molecule has 0 heterocycles. The Bertz CT molecular complexity index is 508. The smallest absolute Gasteiger partial charge is 0.0138 e. The molecule has 25 heavy (non-hydrogen) atoms. The van der Waals surface area contributed by atoms with E-state index >= 15 is 0 Å². The van der Waals surface area contributed by atoms with Crippen molar-refractivity contribution in [2.24, 2.45) is 41.4 Å². The van der Waals surface area contributed by atoms with Crippen LogP contribution in [0.1, 0.15) is 103 Å². The molecule has 0 amide bonds. The molecule has 5 aliphatic carbocycles. The zero-order valence-corrected chi connectivity index (χ0v) is 16.6. The molecular formula is C25H40. The lowest BCUT2D eigenvalue weighted by atomic mass is 9.49. The first-order valence-electron chi connectivity index (χ1n) is 12.1. The molecule has 5 aliphatic rings. The van der Waals surface area contributed by atoms with E-state index in [-0.39, 0.29) is 0 Å². The van der Waals surface area contributed by atoms with E-state index in [0.717, 1.165) is 41.4 Å². The highest BCUT2D eigenvalue weighted by molar-refractivity contribution is 5.31. The molecule has 0 aromatic heterocycles. The second-order valence-corrected chi connectivity index (χ2v) is 10.5.